The molecule has 103 valence electrons. The Kier molecular flexibility index (Phi) is 19.1. The number of hydrogen-bond donors (Lipinski definition) is 0. The first-order valence-corrected chi connectivity index (χ1v) is 7.90. The van der Waals surface area contributed by atoms with Crippen LogP contribution in [0.25, 0.3) is 10.8 Å². The number of benzene rings is 1. The van der Waals surface area contributed by atoms with Crippen molar-refractivity contribution in [3.63, 3.8) is 0 Å². The van der Waals surface area contributed by atoms with Gasteiger partial charge in [0.05, 0.1) is 0 Å². The summed E-state index contributed by atoms with van der Waals surface area (Å²) in [7, 11) is 1.08. The Bertz CT molecular complexity index is 394. The fraction of sp³-hybridized carbons (Fsp3) is 0.400. The third kappa shape index (κ3) is 9.86. The van der Waals surface area contributed by atoms with Crippen molar-refractivity contribution in [1.82, 2.24) is 0 Å². The maximum absolute atomic E-state index is 2.30. The Balaban J connectivity index is -0.000000393. The van der Waals surface area contributed by atoms with Gasteiger partial charge in [0.2, 0.25) is 0 Å². The minimum absolute atomic E-state index is 0. The molecule has 0 aromatic heterocycles. The topological polar surface area (TPSA) is 0 Å². The molecule has 2 aromatic rings. The zero-order chi connectivity index (χ0) is 12.0. The first-order chi connectivity index (χ1) is 7.67. The second kappa shape index (κ2) is 14.3. The Morgan fingerprint density at radius 3 is 2.11 bits per heavy atom. The van der Waals surface area contributed by atoms with Crippen LogP contribution in [0.4, 0.5) is 0 Å². The van der Waals surface area contributed by atoms with Gasteiger partial charge in [0.25, 0.3) is 0 Å². The molecule has 2 rings (SSSR count). The Labute approximate surface area is 173 Å². The molecule has 2 aromatic carbocycles. The van der Waals surface area contributed by atoms with Crippen molar-refractivity contribution in [2.75, 3.05) is 0 Å². The summed E-state index contributed by atoms with van der Waals surface area (Å²) in [6.45, 7) is 8.83. The van der Waals surface area contributed by atoms with Gasteiger partial charge >= 0.3 is 26.2 Å². The van der Waals surface area contributed by atoms with Crippen molar-refractivity contribution in [2.45, 2.75) is 33.4 Å². The minimum atomic E-state index is 0. The van der Waals surface area contributed by atoms with Crippen molar-refractivity contribution in [3.05, 3.63) is 42.0 Å². The summed E-state index contributed by atoms with van der Waals surface area (Å²) in [6, 6.07) is 13.2. The van der Waals surface area contributed by atoms with Crippen LogP contribution in [0.1, 0.15) is 19.4 Å². The van der Waals surface area contributed by atoms with Gasteiger partial charge in [-0.25, -0.2) is 0 Å². The molecule has 0 N–H and O–H groups in total. The van der Waals surface area contributed by atoms with E-state index in [9.17, 15) is 0 Å². The SMILES string of the molecule is CC(C)Cc1cc2ccccc2[cH-]1.C[Si]C.[I-].[I-].[Zr+3]. The summed E-state index contributed by atoms with van der Waals surface area (Å²) in [6.07, 6.45) is 1.19. The van der Waals surface area contributed by atoms with E-state index < -0.39 is 0 Å². The van der Waals surface area contributed by atoms with Crippen LogP contribution in [-0.4, -0.2) is 9.52 Å². The molecule has 3 radical (unpaired) electrons. The van der Waals surface area contributed by atoms with Crippen molar-refractivity contribution in [2.24, 2.45) is 5.92 Å². The molecule has 0 unspecified atom stereocenters. The maximum atomic E-state index is 2.30. The van der Waals surface area contributed by atoms with Gasteiger partial charge in [-0.3, -0.25) is 0 Å². The summed E-state index contributed by atoms with van der Waals surface area (Å²) in [5, 5.41) is 2.75. The van der Waals surface area contributed by atoms with E-state index in [1.54, 1.807) is 0 Å². The molecule has 0 bridgehead atoms. The molecule has 0 aliphatic rings. The Morgan fingerprint density at radius 2 is 1.63 bits per heavy atom. The quantitative estimate of drug-likeness (QED) is 0.234. The standard InChI is InChI=1S/C13H15.C2H6Si.2HI.Zr/c1-10(2)7-11-8-12-5-3-4-6-13(12)9-11;1-3-2;;;/h3-6,8-10H,7H2,1-2H3;1-2H3;2*1H;/q-1;;;;+3/p-2. The van der Waals surface area contributed by atoms with Gasteiger partial charge < -0.3 is 48.0 Å². The van der Waals surface area contributed by atoms with E-state index in [-0.39, 0.29) is 74.2 Å². The second-order valence-corrected chi connectivity index (χ2v) is 5.59. The molecule has 0 spiro atoms. The fourth-order valence-electron chi connectivity index (χ4n) is 1.80. The molecule has 0 saturated heterocycles. The van der Waals surface area contributed by atoms with Crippen LogP contribution in [-0.2, 0) is 32.6 Å². The van der Waals surface area contributed by atoms with E-state index >= 15 is 0 Å². The first kappa shape index (κ1) is 25.3. The Morgan fingerprint density at radius 1 is 1.11 bits per heavy atom. The average Bonchev–Trinajstić information content (AvgIpc) is 2.59. The summed E-state index contributed by atoms with van der Waals surface area (Å²) in [5.74, 6) is 0.747. The van der Waals surface area contributed by atoms with Crippen LogP contribution in [0.3, 0.4) is 0 Å². The summed E-state index contributed by atoms with van der Waals surface area (Å²) < 4.78 is 0. The molecule has 0 saturated carbocycles. The van der Waals surface area contributed by atoms with E-state index in [0.29, 0.717) is 0 Å². The van der Waals surface area contributed by atoms with Crippen molar-refractivity contribution >= 4 is 20.3 Å². The molecule has 4 heteroatoms. The van der Waals surface area contributed by atoms with E-state index in [4.69, 9.17) is 0 Å². The van der Waals surface area contributed by atoms with Crippen LogP contribution >= 0.6 is 0 Å². The van der Waals surface area contributed by atoms with Gasteiger partial charge in [-0.15, -0.1) is 40.6 Å². The third-order valence-corrected chi connectivity index (χ3v) is 2.32. The predicted octanol–water partition coefficient (Wildman–Crippen LogP) is -1.45. The third-order valence-electron chi connectivity index (χ3n) is 2.32. The number of halogens is 2. The van der Waals surface area contributed by atoms with Crippen LogP contribution in [0.5, 0.6) is 0 Å². The zero-order valence-corrected chi connectivity index (χ0v) is 19.8. The van der Waals surface area contributed by atoms with Gasteiger partial charge in [0, 0.05) is 9.52 Å². The molecular formula is C15H21I2SiZr. The molecule has 0 aliphatic carbocycles. The van der Waals surface area contributed by atoms with Crippen LogP contribution in [0.2, 0.25) is 13.1 Å². The molecule has 0 atom stereocenters. The summed E-state index contributed by atoms with van der Waals surface area (Å²) in [4.78, 5) is 0. The van der Waals surface area contributed by atoms with E-state index in [0.717, 1.165) is 15.4 Å². The molecule has 0 fully saturated rings. The summed E-state index contributed by atoms with van der Waals surface area (Å²) in [5.41, 5.74) is 1.47. The zero-order valence-electron chi connectivity index (χ0n) is 12.0. The fourth-order valence-corrected chi connectivity index (χ4v) is 1.80. The maximum Gasteiger partial charge on any atom is 3.00 e. The smallest absolute Gasteiger partial charge is 1.00 e. The Hall–Kier alpha value is 1.39. The molecule has 19 heavy (non-hydrogen) atoms. The largest absolute Gasteiger partial charge is 3.00 e. The van der Waals surface area contributed by atoms with Gasteiger partial charge in [0.1, 0.15) is 0 Å². The number of hydrogen-bond acceptors (Lipinski definition) is 0. The molecule has 0 amide bonds. The van der Waals surface area contributed by atoms with Crippen LogP contribution in [0, 0.1) is 5.92 Å². The van der Waals surface area contributed by atoms with Crippen molar-refractivity contribution in [1.29, 1.82) is 0 Å². The minimum Gasteiger partial charge on any atom is -1.00 e. The number of fused-ring (bicyclic) bond motifs is 1. The van der Waals surface area contributed by atoms with Gasteiger partial charge in [-0.05, 0) is 12.3 Å². The molecular weight excluding hydrogens is 553 g/mol. The van der Waals surface area contributed by atoms with Crippen molar-refractivity contribution < 1.29 is 74.2 Å². The van der Waals surface area contributed by atoms with E-state index in [1.807, 2.05) is 0 Å². The summed E-state index contributed by atoms with van der Waals surface area (Å²) >= 11 is 0. The second-order valence-electron chi connectivity index (χ2n) is 4.59. The predicted molar refractivity (Wildman–Crippen MR) is 75.6 cm³/mol. The first-order valence-electron chi connectivity index (χ1n) is 5.90. The molecule has 0 nitrogen and oxygen atoms in total. The van der Waals surface area contributed by atoms with Crippen LogP contribution in [0.15, 0.2) is 36.4 Å². The van der Waals surface area contributed by atoms with E-state index in [1.165, 1.54) is 22.8 Å². The van der Waals surface area contributed by atoms with Gasteiger partial charge in [0.15, 0.2) is 0 Å². The number of rotatable bonds is 2. The van der Waals surface area contributed by atoms with Gasteiger partial charge in [-0.2, -0.15) is 6.07 Å². The average molecular weight is 574 g/mol. The molecule has 0 aliphatic heterocycles. The van der Waals surface area contributed by atoms with Crippen molar-refractivity contribution in [3.8, 4) is 0 Å². The normalized spacial score (nSPS) is 8.68. The van der Waals surface area contributed by atoms with E-state index in [2.05, 4.69) is 63.3 Å². The van der Waals surface area contributed by atoms with Gasteiger partial charge in [-0.1, -0.05) is 33.0 Å². The monoisotopic (exact) mass is 573 g/mol. The molecule has 0 heterocycles. The van der Waals surface area contributed by atoms with Crippen LogP contribution < -0.4 is 48.0 Å².